The van der Waals surface area contributed by atoms with Crippen LogP contribution in [0.4, 0.5) is 5.69 Å². The molecule has 1 atom stereocenters. The zero-order valence-corrected chi connectivity index (χ0v) is 11.9. The third-order valence-electron chi connectivity index (χ3n) is 4.19. The van der Waals surface area contributed by atoms with Gasteiger partial charge in [-0.25, -0.2) is 0 Å². The minimum Gasteiger partial charge on any atom is -0.326 e. The highest BCUT2D eigenvalue weighted by Crippen LogP contribution is 2.36. The van der Waals surface area contributed by atoms with E-state index < -0.39 is 0 Å². The van der Waals surface area contributed by atoms with E-state index in [1.807, 2.05) is 23.5 Å². The fourth-order valence-electron chi connectivity index (χ4n) is 3.11. The Bertz CT molecular complexity index is 683. The predicted molar refractivity (Wildman–Crippen MR) is 81.2 cm³/mol. The van der Waals surface area contributed by atoms with E-state index in [1.165, 1.54) is 34.6 Å². The van der Waals surface area contributed by atoms with Crippen LogP contribution in [0.25, 0.3) is 0 Å². The number of carbonyl (C=O) groups excluding carboxylic acids is 1. The average molecular weight is 284 g/mol. The lowest BCUT2D eigenvalue weighted by Gasteiger charge is -2.11. The summed E-state index contributed by atoms with van der Waals surface area (Å²) in [5, 5.41) is 2.86. The molecule has 102 valence electrons. The largest absolute Gasteiger partial charge is 0.326 e. The van der Waals surface area contributed by atoms with Gasteiger partial charge in [0.05, 0.1) is 12.5 Å². The number of anilines is 1. The first-order chi connectivity index (χ1) is 9.70. The molecule has 0 radical (unpaired) electrons. The van der Waals surface area contributed by atoms with E-state index in [0.717, 1.165) is 16.8 Å². The molecule has 1 aromatic carbocycles. The van der Waals surface area contributed by atoms with Crippen LogP contribution in [0.15, 0.2) is 24.3 Å². The summed E-state index contributed by atoms with van der Waals surface area (Å²) in [5.74, 6) is 0.0702. The molecule has 2 aromatic rings. The molecule has 0 saturated carbocycles. The SMILES string of the molecule is NC(c1ccc2c(c1)CC(=O)N2)c1cc2c(s1)CCC2. The number of amides is 1. The van der Waals surface area contributed by atoms with Crippen molar-refractivity contribution in [1.82, 2.24) is 0 Å². The van der Waals surface area contributed by atoms with Gasteiger partial charge in [0.2, 0.25) is 5.91 Å². The smallest absolute Gasteiger partial charge is 0.228 e. The highest BCUT2D eigenvalue weighted by atomic mass is 32.1. The van der Waals surface area contributed by atoms with Crippen LogP contribution < -0.4 is 11.1 Å². The predicted octanol–water partition coefficient (Wildman–Crippen LogP) is 2.78. The molecule has 0 fully saturated rings. The van der Waals surface area contributed by atoms with Crippen LogP contribution in [-0.4, -0.2) is 5.91 Å². The third-order valence-corrected chi connectivity index (χ3v) is 5.51. The number of aryl methyl sites for hydroxylation is 2. The topological polar surface area (TPSA) is 55.1 Å². The first-order valence-electron chi connectivity index (χ1n) is 7.00. The molecule has 4 rings (SSSR count). The lowest BCUT2D eigenvalue weighted by molar-refractivity contribution is -0.115. The number of benzene rings is 1. The number of nitrogens with one attached hydrogen (secondary N) is 1. The van der Waals surface area contributed by atoms with Crippen molar-refractivity contribution >= 4 is 22.9 Å². The second kappa shape index (κ2) is 4.43. The molecule has 1 aliphatic heterocycles. The summed E-state index contributed by atoms with van der Waals surface area (Å²) in [4.78, 5) is 14.2. The van der Waals surface area contributed by atoms with Crippen molar-refractivity contribution in [1.29, 1.82) is 0 Å². The maximum absolute atomic E-state index is 11.4. The normalized spacial score (nSPS) is 17.8. The summed E-state index contributed by atoms with van der Waals surface area (Å²) in [6, 6.07) is 8.26. The Labute approximate surface area is 121 Å². The van der Waals surface area contributed by atoms with E-state index in [1.54, 1.807) is 0 Å². The molecule has 1 amide bonds. The van der Waals surface area contributed by atoms with E-state index in [4.69, 9.17) is 5.73 Å². The maximum atomic E-state index is 11.4. The molecule has 3 nitrogen and oxygen atoms in total. The van der Waals surface area contributed by atoms with Crippen LogP contribution in [0.5, 0.6) is 0 Å². The quantitative estimate of drug-likeness (QED) is 0.891. The van der Waals surface area contributed by atoms with Gasteiger partial charge in [-0.2, -0.15) is 0 Å². The number of rotatable bonds is 2. The fraction of sp³-hybridized carbons (Fsp3) is 0.312. The Morgan fingerprint density at radius 2 is 2.10 bits per heavy atom. The van der Waals surface area contributed by atoms with Gasteiger partial charge in [-0.1, -0.05) is 12.1 Å². The van der Waals surface area contributed by atoms with Gasteiger partial charge in [-0.3, -0.25) is 4.79 Å². The number of nitrogens with two attached hydrogens (primary N) is 1. The van der Waals surface area contributed by atoms with Crippen LogP contribution >= 0.6 is 11.3 Å². The molecule has 0 spiro atoms. The number of thiophene rings is 1. The van der Waals surface area contributed by atoms with Gasteiger partial charge in [-0.15, -0.1) is 11.3 Å². The van der Waals surface area contributed by atoms with Crippen LogP contribution in [0.3, 0.4) is 0 Å². The monoisotopic (exact) mass is 284 g/mol. The van der Waals surface area contributed by atoms with Crippen LogP contribution in [0.1, 0.15) is 38.9 Å². The third kappa shape index (κ3) is 1.87. The average Bonchev–Trinajstić information content (AvgIpc) is 3.08. The van der Waals surface area contributed by atoms with Crippen LogP contribution in [0, 0.1) is 0 Å². The molecule has 0 saturated heterocycles. The Morgan fingerprint density at radius 1 is 1.20 bits per heavy atom. The molecular weight excluding hydrogens is 268 g/mol. The van der Waals surface area contributed by atoms with E-state index in [9.17, 15) is 4.79 Å². The lowest BCUT2D eigenvalue weighted by atomic mass is 10.0. The van der Waals surface area contributed by atoms with Crippen molar-refractivity contribution in [3.63, 3.8) is 0 Å². The molecule has 2 aliphatic rings. The van der Waals surface area contributed by atoms with Crippen molar-refractivity contribution in [2.45, 2.75) is 31.7 Å². The number of carbonyl (C=O) groups is 1. The Kier molecular flexibility index (Phi) is 2.69. The highest BCUT2D eigenvalue weighted by Gasteiger charge is 2.22. The van der Waals surface area contributed by atoms with Crippen molar-refractivity contribution < 1.29 is 4.79 Å². The van der Waals surface area contributed by atoms with Gasteiger partial charge < -0.3 is 11.1 Å². The molecule has 1 unspecified atom stereocenters. The van der Waals surface area contributed by atoms with Crippen LogP contribution in [0.2, 0.25) is 0 Å². The summed E-state index contributed by atoms with van der Waals surface area (Å²) in [6.45, 7) is 0. The maximum Gasteiger partial charge on any atom is 0.228 e. The Hall–Kier alpha value is -1.65. The van der Waals surface area contributed by atoms with Crippen molar-refractivity contribution in [3.8, 4) is 0 Å². The zero-order valence-electron chi connectivity index (χ0n) is 11.1. The molecule has 2 heterocycles. The molecule has 3 N–H and O–H groups in total. The standard InChI is InChI=1S/C16H16N2OS/c17-16(14-7-9-2-1-3-13(9)20-14)10-4-5-12-11(6-10)8-15(19)18-12/h4-7,16H,1-3,8,17H2,(H,18,19). The lowest BCUT2D eigenvalue weighted by Crippen LogP contribution is -2.10. The van der Waals surface area contributed by atoms with Crippen molar-refractivity contribution in [3.05, 3.63) is 50.7 Å². The second-order valence-electron chi connectivity index (χ2n) is 5.57. The van der Waals surface area contributed by atoms with Crippen molar-refractivity contribution in [2.24, 2.45) is 5.73 Å². The van der Waals surface area contributed by atoms with Gasteiger partial charge in [0, 0.05) is 15.4 Å². The number of fused-ring (bicyclic) bond motifs is 2. The van der Waals surface area contributed by atoms with E-state index in [0.29, 0.717) is 6.42 Å². The second-order valence-corrected chi connectivity index (χ2v) is 6.74. The highest BCUT2D eigenvalue weighted by molar-refractivity contribution is 7.12. The van der Waals surface area contributed by atoms with E-state index in [-0.39, 0.29) is 11.9 Å². The first kappa shape index (κ1) is 12.1. The Balaban J connectivity index is 1.66. The summed E-state index contributed by atoms with van der Waals surface area (Å²) < 4.78 is 0. The minimum absolute atomic E-state index is 0.0702. The number of hydrogen-bond acceptors (Lipinski definition) is 3. The summed E-state index contributed by atoms with van der Waals surface area (Å²) >= 11 is 1.85. The molecule has 20 heavy (non-hydrogen) atoms. The van der Waals surface area contributed by atoms with Gasteiger partial charge in [0.1, 0.15) is 0 Å². The molecule has 1 aromatic heterocycles. The fourth-order valence-corrected chi connectivity index (χ4v) is 4.40. The van der Waals surface area contributed by atoms with E-state index in [2.05, 4.69) is 17.4 Å². The summed E-state index contributed by atoms with van der Waals surface area (Å²) in [5.41, 5.74) is 11.0. The van der Waals surface area contributed by atoms with Gasteiger partial charge in [-0.05, 0) is 48.1 Å². The van der Waals surface area contributed by atoms with Gasteiger partial charge in [0.25, 0.3) is 0 Å². The molecule has 0 bridgehead atoms. The van der Waals surface area contributed by atoms with Crippen LogP contribution in [-0.2, 0) is 24.1 Å². The van der Waals surface area contributed by atoms with E-state index >= 15 is 0 Å². The molecule has 1 aliphatic carbocycles. The summed E-state index contributed by atoms with van der Waals surface area (Å²) in [6.07, 6.45) is 4.15. The Morgan fingerprint density at radius 3 is 2.95 bits per heavy atom. The van der Waals surface area contributed by atoms with Gasteiger partial charge in [0.15, 0.2) is 0 Å². The van der Waals surface area contributed by atoms with Crippen molar-refractivity contribution in [2.75, 3.05) is 5.32 Å². The summed E-state index contributed by atoms with van der Waals surface area (Å²) in [7, 11) is 0. The molecular formula is C16H16N2OS. The zero-order chi connectivity index (χ0) is 13.7. The minimum atomic E-state index is -0.0772. The van der Waals surface area contributed by atoms with Gasteiger partial charge >= 0.3 is 0 Å². The first-order valence-corrected chi connectivity index (χ1v) is 7.82. The molecule has 4 heteroatoms. The number of hydrogen-bond donors (Lipinski definition) is 2.